The number of unbranched alkanes of at least 4 members (excludes halogenated alkanes) is 2. The van der Waals surface area contributed by atoms with Gasteiger partial charge in [-0.3, -0.25) is 4.79 Å². The van der Waals surface area contributed by atoms with E-state index in [1.807, 2.05) is 42.7 Å². The molecule has 0 unspecified atom stereocenters. The lowest BCUT2D eigenvalue weighted by Crippen LogP contribution is -1.93. The quantitative estimate of drug-likeness (QED) is 0.794. The Labute approximate surface area is 106 Å². The molecule has 0 saturated carbocycles. The topological polar surface area (TPSA) is 55.1 Å². The van der Waals surface area contributed by atoms with Crippen molar-refractivity contribution in [1.82, 2.24) is 9.78 Å². The molecule has 18 heavy (non-hydrogen) atoms. The molecule has 1 heterocycles. The maximum absolute atomic E-state index is 10.3. The largest absolute Gasteiger partial charge is 0.481 e. The molecule has 2 rings (SSSR count). The Hall–Kier alpha value is -2.10. The van der Waals surface area contributed by atoms with Crippen LogP contribution in [0.2, 0.25) is 0 Å². The Balaban J connectivity index is 1.83. The smallest absolute Gasteiger partial charge is 0.303 e. The van der Waals surface area contributed by atoms with E-state index in [9.17, 15) is 4.79 Å². The number of carbonyl (C=O) groups is 1. The van der Waals surface area contributed by atoms with Gasteiger partial charge < -0.3 is 5.11 Å². The molecular weight excluding hydrogens is 228 g/mol. The van der Waals surface area contributed by atoms with Crippen molar-refractivity contribution in [2.24, 2.45) is 0 Å². The van der Waals surface area contributed by atoms with Crippen LogP contribution in [-0.2, 0) is 4.79 Å². The van der Waals surface area contributed by atoms with Gasteiger partial charge in [-0.15, -0.1) is 0 Å². The van der Waals surface area contributed by atoms with E-state index in [4.69, 9.17) is 5.11 Å². The molecule has 1 N–H and O–H groups in total. The molecule has 0 fully saturated rings. The van der Waals surface area contributed by atoms with Crippen LogP contribution >= 0.6 is 0 Å². The summed E-state index contributed by atoms with van der Waals surface area (Å²) >= 11 is 0. The van der Waals surface area contributed by atoms with Gasteiger partial charge in [0.1, 0.15) is 0 Å². The number of fused-ring (bicyclic) bond motifs is 1. The first kappa shape index (κ1) is 12.4. The molecule has 0 amide bonds. The summed E-state index contributed by atoms with van der Waals surface area (Å²) in [5.41, 5.74) is 0.980. The third kappa shape index (κ3) is 3.45. The number of aliphatic carboxylic acids is 1. The second-order valence-corrected chi connectivity index (χ2v) is 4.19. The fraction of sp³-hybridized carbons (Fsp3) is 0.286. The Morgan fingerprint density at radius 2 is 2.17 bits per heavy atom. The number of benzene rings is 1. The van der Waals surface area contributed by atoms with Crippen LogP contribution < -0.4 is 0 Å². The summed E-state index contributed by atoms with van der Waals surface area (Å²) < 4.78 is 1.79. The lowest BCUT2D eigenvalue weighted by molar-refractivity contribution is -0.137. The Kier molecular flexibility index (Phi) is 4.12. The Morgan fingerprint density at radius 1 is 1.33 bits per heavy atom. The van der Waals surface area contributed by atoms with E-state index < -0.39 is 5.97 Å². The number of nitrogens with zero attached hydrogens (tertiary/aromatic N) is 2. The fourth-order valence-corrected chi connectivity index (χ4v) is 1.78. The highest BCUT2D eigenvalue weighted by Crippen LogP contribution is 2.11. The van der Waals surface area contributed by atoms with E-state index >= 15 is 0 Å². The molecule has 1 aromatic heterocycles. The number of allylic oxidation sites excluding steroid dienone is 1. The second kappa shape index (κ2) is 6.00. The van der Waals surface area contributed by atoms with Crippen LogP contribution in [0.1, 0.15) is 25.7 Å². The Bertz CT molecular complexity index is 525. The molecule has 4 heteroatoms. The summed E-state index contributed by atoms with van der Waals surface area (Å²) in [6.45, 7) is 0. The summed E-state index contributed by atoms with van der Waals surface area (Å²) in [5, 5.41) is 14.0. The molecule has 2 aromatic rings. The standard InChI is InChI=1S/C14H16N2O2/c17-14(18)9-3-1-2-6-10-16-11-12-7-4-5-8-13(12)15-16/h4-8,10-11H,1-3,9H2,(H,17,18). The van der Waals surface area contributed by atoms with E-state index in [-0.39, 0.29) is 6.42 Å². The van der Waals surface area contributed by atoms with Crippen molar-refractivity contribution in [3.63, 3.8) is 0 Å². The lowest BCUT2D eigenvalue weighted by Gasteiger charge is -1.93. The maximum Gasteiger partial charge on any atom is 0.303 e. The van der Waals surface area contributed by atoms with Crippen molar-refractivity contribution in [3.8, 4) is 0 Å². The van der Waals surface area contributed by atoms with Gasteiger partial charge in [0.2, 0.25) is 0 Å². The van der Waals surface area contributed by atoms with E-state index in [2.05, 4.69) is 5.10 Å². The highest BCUT2D eigenvalue weighted by molar-refractivity contribution is 5.78. The average molecular weight is 244 g/mol. The van der Waals surface area contributed by atoms with Gasteiger partial charge in [-0.2, -0.15) is 5.10 Å². The maximum atomic E-state index is 10.3. The summed E-state index contributed by atoms with van der Waals surface area (Å²) in [7, 11) is 0. The van der Waals surface area contributed by atoms with Gasteiger partial charge in [0.15, 0.2) is 0 Å². The van der Waals surface area contributed by atoms with Crippen LogP contribution in [0.3, 0.4) is 0 Å². The summed E-state index contributed by atoms with van der Waals surface area (Å²) in [5.74, 6) is -0.725. The van der Waals surface area contributed by atoms with Crippen molar-refractivity contribution in [2.75, 3.05) is 0 Å². The number of rotatable bonds is 6. The van der Waals surface area contributed by atoms with Crippen LogP contribution in [0.5, 0.6) is 0 Å². The molecule has 0 aliphatic carbocycles. The monoisotopic (exact) mass is 244 g/mol. The fourth-order valence-electron chi connectivity index (χ4n) is 1.78. The van der Waals surface area contributed by atoms with Crippen molar-refractivity contribution in [3.05, 3.63) is 36.5 Å². The first-order valence-corrected chi connectivity index (χ1v) is 6.08. The lowest BCUT2D eigenvalue weighted by atomic mass is 10.2. The SMILES string of the molecule is O=C(O)CCCCC=Cn1cc2ccccc2n1. The van der Waals surface area contributed by atoms with Crippen LogP contribution in [0.25, 0.3) is 17.1 Å². The third-order valence-corrected chi connectivity index (χ3v) is 2.70. The Morgan fingerprint density at radius 3 is 2.94 bits per heavy atom. The van der Waals surface area contributed by atoms with E-state index in [0.717, 1.165) is 30.2 Å². The zero-order valence-electron chi connectivity index (χ0n) is 10.1. The molecular formula is C14H16N2O2. The number of carboxylic acid groups (broad SMARTS) is 1. The molecule has 0 bridgehead atoms. The van der Waals surface area contributed by atoms with Crippen LogP contribution in [-0.4, -0.2) is 20.9 Å². The molecule has 4 nitrogen and oxygen atoms in total. The van der Waals surface area contributed by atoms with Gasteiger partial charge in [0.25, 0.3) is 0 Å². The molecule has 0 atom stereocenters. The molecule has 0 radical (unpaired) electrons. The number of hydrogen-bond acceptors (Lipinski definition) is 2. The van der Waals surface area contributed by atoms with E-state index in [0.29, 0.717) is 0 Å². The van der Waals surface area contributed by atoms with Crippen molar-refractivity contribution >= 4 is 23.1 Å². The first-order valence-electron chi connectivity index (χ1n) is 6.08. The number of aromatic nitrogens is 2. The molecule has 1 aromatic carbocycles. The molecule has 0 saturated heterocycles. The highest BCUT2D eigenvalue weighted by atomic mass is 16.4. The van der Waals surface area contributed by atoms with Crippen molar-refractivity contribution in [2.45, 2.75) is 25.7 Å². The van der Waals surface area contributed by atoms with Gasteiger partial charge >= 0.3 is 5.97 Å². The minimum atomic E-state index is -0.725. The van der Waals surface area contributed by atoms with E-state index in [1.165, 1.54) is 0 Å². The van der Waals surface area contributed by atoms with Gasteiger partial charge in [-0.05, 0) is 25.3 Å². The zero-order chi connectivity index (χ0) is 12.8. The summed E-state index contributed by atoms with van der Waals surface area (Å²) in [4.78, 5) is 10.3. The minimum Gasteiger partial charge on any atom is -0.481 e. The van der Waals surface area contributed by atoms with Gasteiger partial charge in [-0.1, -0.05) is 24.3 Å². The van der Waals surface area contributed by atoms with Crippen molar-refractivity contribution in [1.29, 1.82) is 0 Å². The second-order valence-electron chi connectivity index (χ2n) is 4.19. The first-order chi connectivity index (χ1) is 8.75. The van der Waals surface area contributed by atoms with Gasteiger partial charge in [0.05, 0.1) is 5.52 Å². The van der Waals surface area contributed by atoms with Crippen molar-refractivity contribution < 1.29 is 9.90 Å². The van der Waals surface area contributed by atoms with Crippen LogP contribution in [0, 0.1) is 0 Å². The molecule has 0 aliphatic rings. The average Bonchev–Trinajstić information content (AvgIpc) is 2.75. The summed E-state index contributed by atoms with van der Waals surface area (Å²) in [6, 6.07) is 7.96. The predicted molar refractivity (Wildman–Crippen MR) is 71.2 cm³/mol. The summed E-state index contributed by atoms with van der Waals surface area (Å²) in [6.07, 6.45) is 8.66. The third-order valence-electron chi connectivity index (χ3n) is 2.70. The van der Waals surface area contributed by atoms with E-state index in [1.54, 1.807) is 4.68 Å². The predicted octanol–water partition coefficient (Wildman–Crippen LogP) is 3.15. The zero-order valence-corrected chi connectivity index (χ0v) is 10.1. The molecule has 0 spiro atoms. The molecule has 94 valence electrons. The van der Waals surface area contributed by atoms with Gasteiger partial charge in [-0.25, -0.2) is 4.68 Å². The van der Waals surface area contributed by atoms with Gasteiger partial charge in [0, 0.05) is 24.2 Å². The molecule has 0 aliphatic heterocycles. The minimum absolute atomic E-state index is 0.249. The number of carboxylic acids is 1. The number of hydrogen-bond donors (Lipinski definition) is 1. The van der Waals surface area contributed by atoms with Crippen LogP contribution in [0.15, 0.2) is 36.5 Å². The van der Waals surface area contributed by atoms with Crippen LogP contribution in [0.4, 0.5) is 0 Å². The highest BCUT2D eigenvalue weighted by Gasteiger charge is 1.96. The normalized spacial score (nSPS) is 11.3.